The fourth-order valence-corrected chi connectivity index (χ4v) is 2.58. The van der Waals surface area contributed by atoms with Crippen molar-refractivity contribution in [3.05, 3.63) is 28.4 Å². The average Bonchev–Trinajstić information content (AvgIpc) is 2.83. The molecule has 1 atom stereocenters. The zero-order valence-corrected chi connectivity index (χ0v) is 9.84. The van der Waals surface area contributed by atoms with E-state index in [0.717, 1.165) is 23.1 Å². The molecule has 15 heavy (non-hydrogen) atoms. The van der Waals surface area contributed by atoms with Crippen molar-refractivity contribution in [1.29, 1.82) is 0 Å². The molecule has 1 fully saturated rings. The molecular weight excluding hydrogens is 254 g/mol. The van der Waals surface area contributed by atoms with Crippen molar-refractivity contribution in [2.45, 2.75) is 12.3 Å². The van der Waals surface area contributed by atoms with E-state index in [1.54, 1.807) is 0 Å². The van der Waals surface area contributed by atoms with Crippen LogP contribution in [-0.2, 0) is 0 Å². The van der Waals surface area contributed by atoms with Crippen molar-refractivity contribution >= 4 is 26.8 Å². The standard InChI is InChI=1S/C11H12BrN3/c12-8-1-2-10-9(5-8)11(15-14-10)7-3-4-13-6-7/h1-2,5,7,13H,3-4,6H2,(H,14,15). The first-order valence-electron chi connectivity index (χ1n) is 5.19. The number of H-pyrrole nitrogens is 1. The van der Waals surface area contributed by atoms with Gasteiger partial charge >= 0.3 is 0 Å². The predicted octanol–water partition coefficient (Wildman–Crippen LogP) is 2.40. The summed E-state index contributed by atoms with van der Waals surface area (Å²) >= 11 is 3.50. The molecule has 3 nitrogen and oxygen atoms in total. The van der Waals surface area contributed by atoms with Gasteiger partial charge in [0.05, 0.1) is 5.52 Å². The van der Waals surface area contributed by atoms with Crippen LogP contribution in [0.5, 0.6) is 0 Å². The fourth-order valence-electron chi connectivity index (χ4n) is 2.21. The minimum Gasteiger partial charge on any atom is -0.316 e. The minimum atomic E-state index is 0.587. The number of fused-ring (bicyclic) bond motifs is 1. The summed E-state index contributed by atoms with van der Waals surface area (Å²) in [7, 11) is 0. The third-order valence-electron chi connectivity index (χ3n) is 3.01. The molecule has 3 rings (SSSR count). The van der Waals surface area contributed by atoms with E-state index in [4.69, 9.17) is 0 Å². The first-order valence-corrected chi connectivity index (χ1v) is 5.98. The number of rotatable bonds is 1. The van der Waals surface area contributed by atoms with Crippen molar-refractivity contribution in [1.82, 2.24) is 15.5 Å². The highest BCUT2D eigenvalue weighted by Gasteiger charge is 2.20. The minimum absolute atomic E-state index is 0.587. The van der Waals surface area contributed by atoms with Gasteiger partial charge in [-0.3, -0.25) is 5.10 Å². The second-order valence-corrected chi connectivity index (χ2v) is 4.90. The number of hydrogen-bond donors (Lipinski definition) is 2. The zero-order valence-electron chi connectivity index (χ0n) is 8.26. The Morgan fingerprint density at radius 3 is 3.13 bits per heavy atom. The van der Waals surface area contributed by atoms with Crippen LogP contribution in [0.25, 0.3) is 10.9 Å². The van der Waals surface area contributed by atoms with Gasteiger partial charge in [-0.1, -0.05) is 15.9 Å². The molecule has 78 valence electrons. The highest BCUT2D eigenvalue weighted by molar-refractivity contribution is 9.10. The van der Waals surface area contributed by atoms with Gasteiger partial charge in [-0.05, 0) is 31.2 Å². The second-order valence-electron chi connectivity index (χ2n) is 3.99. The molecule has 1 aromatic carbocycles. The van der Waals surface area contributed by atoms with Gasteiger partial charge in [0.15, 0.2) is 0 Å². The molecule has 0 amide bonds. The van der Waals surface area contributed by atoms with Gasteiger partial charge in [0.1, 0.15) is 0 Å². The van der Waals surface area contributed by atoms with Crippen LogP contribution >= 0.6 is 15.9 Å². The number of hydrogen-bond acceptors (Lipinski definition) is 2. The maximum atomic E-state index is 4.33. The summed E-state index contributed by atoms with van der Waals surface area (Å²) in [6.07, 6.45) is 1.20. The van der Waals surface area contributed by atoms with Crippen LogP contribution in [0.4, 0.5) is 0 Å². The lowest BCUT2D eigenvalue weighted by Gasteiger charge is -2.05. The van der Waals surface area contributed by atoms with E-state index in [-0.39, 0.29) is 0 Å². The van der Waals surface area contributed by atoms with Gasteiger partial charge in [0, 0.05) is 28.0 Å². The third kappa shape index (κ3) is 1.58. The molecular formula is C11H12BrN3. The molecule has 0 radical (unpaired) electrons. The van der Waals surface area contributed by atoms with Crippen molar-refractivity contribution < 1.29 is 0 Å². The van der Waals surface area contributed by atoms with E-state index in [1.165, 1.54) is 17.5 Å². The molecule has 0 spiro atoms. The zero-order chi connectivity index (χ0) is 10.3. The maximum absolute atomic E-state index is 4.33. The van der Waals surface area contributed by atoms with Crippen LogP contribution in [0.1, 0.15) is 18.0 Å². The predicted molar refractivity (Wildman–Crippen MR) is 64.0 cm³/mol. The van der Waals surface area contributed by atoms with E-state index < -0.39 is 0 Å². The highest BCUT2D eigenvalue weighted by atomic mass is 79.9. The molecule has 0 bridgehead atoms. The summed E-state index contributed by atoms with van der Waals surface area (Å²) in [5, 5.41) is 12.1. The topological polar surface area (TPSA) is 40.7 Å². The number of aromatic amines is 1. The molecule has 1 saturated heterocycles. The number of halogens is 1. The van der Waals surface area contributed by atoms with Crippen LogP contribution in [0, 0.1) is 0 Å². The lowest BCUT2D eigenvalue weighted by molar-refractivity contribution is 0.734. The second kappa shape index (κ2) is 3.61. The largest absolute Gasteiger partial charge is 0.316 e. The molecule has 2 aromatic rings. The summed E-state index contributed by atoms with van der Waals surface area (Å²) in [6.45, 7) is 2.17. The third-order valence-corrected chi connectivity index (χ3v) is 3.51. The van der Waals surface area contributed by atoms with E-state index in [9.17, 15) is 0 Å². The van der Waals surface area contributed by atoms with Crippen molar-refractivity contribution in [3.8, 4) is 0 Å². The first kappa shape index (κ1) is 9.36. The maximum Gasteiger partial charge on any atom is 0.0924 e. The average molecular weight is 266 g/mol. The van der Waals surface area contributed by atoms with Crippen LogP contribution in [0.15, 0.2) is 22.7 Å². The number of nitrogens with zero attached hydrogens (tertiary/aromatic N) is 1. The molecule has 1 aliphatic heterocycles. The molecule has 2 heterocycles. The Morgan fingerprint density at radius 2 is 2.33 bits per heavy atom. The van der Waals surface area contributed by atoms with Crippen LogP contribution in [-0.4, -0.2) is 23.3 Å². The van der Waals surface area contributed by atoms with Crippen LogP contribution in [0.3, 0.4) is 0 Å². The van der Waals surface area contributed by atoms with Crippen molar-refractivity contribution in [2.75, 3.05) is 13.1 Å². The monoisotopic (exact) mass is 265 g/mol. The van der Waals surface area contributed by atoms with Gasteiger partial charge in [-0.2, -0.15) is 5.10 Å². The SMILES string of the molecule is Brc1ccc2n[nH]c(C3CCNC3)c2c1. The first-order chi connectivity index (χ1) is 7.34. The molecule has 1 aliphatic rings. The smallest absolute Gasteiger partial charge is 0.0924 e. The van der Waals surface area contributed by atoms with Gasteiger partial charge < -0.3 is 5.32 Å². The quantitative estimate of drug-likeness (QED) is 0.832. The Labute approximate surface area is 96.4 Å². The van der Waals surface area contributed by atoms with Gasteiger partial charge in [-0.15, -0.1) is 0 Å². The van der Waals surface area contributed by atoms with Crippen molar-refractivity contribution in [3.63, 3.8) is 0 Å². The summed E-state index contributed by atoms with van der Waals surface area (Å²) in [5.41, 5.74) is 2.33. The molecule has 2 N–H and O–H groups in total. The van der Waals surface area contributed by atoms with Crippen LogP contribution < -0.4 is 5.32 Å². The summed E-state index contributed by atoms with van der Waals surface area (Å²) in [4.78, 5) is 0. The number of aromatic nitrogens is 2. The molecule has 1 aromatic heterocycles. The lowest BCUT2D eigenvalue weighted by Crippen LogP contribution is -2.08. The van der Waals surface area contributed by atoms with Crippen LogP contribution in [0.2, 0.25) is 0 Å². The number of nitrogens with one attached hydrogen (secondary N) is 2. The van der Waals surface area contributed by atoms with E-state index in [1.807, 2.05) is 12.1 Å². The van der Waals surface area contributed by atoms with E-state index in [0.29, 0.717) is 5.92 Å². The lowest BCUT2D eigenvalue weighted by atomic mass is 10.0. The Bertz CT molecular complexity index is 486. The summed E-state index contributed by atoms with van der Waals surface area (Å²) in [5.74, 6) is 0.587. The molecule has 0 saturated carbocycles. The number of benzene rings is 1. The fraction of sp³-hybridized carbons (Fsp3) is 0.364. The normalized spacial score (nSPS) is 21.3. The van der Waals surface area contributed by atoms with E-state index >= 15 is 0 Å². The summed E-state index contributed by atoms with van der Waals surface area (Å²) < 4.78 is 1.11. The highest BCUT2D eigenvalue weighted by Crippen LogP contribution is 2.29. The van der Waals surface area contributed by atoms with Gasteiger partial charge in [-0.25, -0.2) is 0 Å². The van der Waals surface area contributed by atoms with Gasteiger partial charge in [0.25, 0.3) is 0 Å². The Hall–Kier alpha value is -0.870. The molecule has 4 heteroatoms. The Balaban J connectivity index is 2.13. The summed E-state index contributed by atoms with van der Waals surface area (Å²) in [6, 6.07) is 6.22. The molecule has 0 aliphatic carbocycles. The van der Waals surface area contributed by atoms with Crippen molar-refractivity contribution in [2.24, 2.45) is 0 Å². The van der Waals surface area contributed by atoms with E-state index in [2.05, 4.69) is 37.5 Å². The molecule has 1 unspecified atom stereocenters. The van der Waals surface area contributed by atoms with Gasteiger partial charge in [0.2, 0.25) is 0 Å². The Kier molecular flexibility index (Phi) is 2.25. The Morgan fingerprint density at radius 1 is 1.40 bits per heavy atom.